The second kappa shape index (κ2) is 7.78. The van der Waals surface area contributed by atoms with Gasteiger partial charge in [-0.3, -0.25) is 0 Å². The Kier molecular flexibility index (Phi) is 6.02. The van der Waals surface area contributed by atoms with E-state index in [0.717, 1.165) is 17.2 Å². The number of aryl methyl sites for hydroxylation is 2. The first kappa shape index (κ1) is 14.7. The first-order valence-electron chi connectivity index (χ1n) is 6.86. The minimum absolute atomic E-state index is 0.973. The summed E-state index contributed by atoms with van der Waals surface area (Å²) in [4.78, 5) is 0. The van der Waals surface area contributed by atoms with Crippen molar-refractivity contribution in [1.82, 2.24) is 0 Å². The van der Waals surface area contributed by atoms with Crippen molar-refractivity contribution in [3.8, 4) is 0 Å². The summed E-state index contributed by atoms with van der Waals surface area (Å²) < 4.78 is 0. The molecule has 0 aliphatic heterocycles. The fourth-order valence-corrected chi connectivity index (χ4v) is 4.83. The number of hydrogen-bond donors (Lipinski definition) is 0. The second-order valence-corrected chi connectivity index (χ2v) is 7.62. The quantitative estimate of drug-likeness (QED) is 0.557. The SMILES string of the molecule is Cc1ccccc1PCCCPc1ccccc1C. The minimum Gasteiger partial charge on any atom is -0.0901 e. The van der Waals surface area contributed by atoms with Crippen LogP contribution < -0.4 is 10.6 Å². The average Bonchev–Trinajstić information content (AvgIpc) is 2.42. The highest BCUT2D eigenvalue weighted by molar-refractivity contribution is 7.48. The van der Waals surface area contributed by atoms with Gasteiger partial charge in [-0.25, -0.2) is 0 Å². The van der Waals surface area contributed by atoms with Crippen LogP contribution in [0.5, 0.6) is 0 Å². The molecule has 2 aromatic rings. The van der Waals surface area contributed by atoms with Crippen molar-refractivity contribution in [1.29, 1.82) is 0 Å². The maximum Gasteiger partial charge on any atom is -0.0242 e. The summed E-state index contributed by atoms with van der Waals surface area (Å²) in [5.41, 5.74) is 2.89. The Labute approximate surface area is 120 Å². The summed E-state index contributed by atoms with van der Waals surface area (Å²) in [6, 6.07) is 17.6. The Morgan fingerprint density at radius 1 is 0.684 bits per heavy atom. The molecule has 100 valence electrons. The molecule has 0 saturated carbocycles. The maximum absolute atomic E-state index is 2.28. The number of hydrogen-bond acceptors (Lipinski definition) is 0. The van der Waals surface area contributed by atoms with E-state index >= 15 is 0 Å². The van der Waals surface area contributed by atoms with E-state index < -0.39 is 0 Å². The number of rotatable bonds is 6. The topological polar surface area (TPSA) is 0 Å². The van der Waals surface area contributed by atoms with Crippen molar-refractivity contribution in [2.45, 2.75) is 20.3 Å². The van der Waals surface area contributed by atoms with E-state index in [4.69, 9.17) is 0 Å². The van der Waals surface area contributed by atoms with E-state index in [1.54, 1.807) is 10.6 Å². The third-order valence-electron chi connectivity index (χ3n) is 3.27. The molecule has 0 bridgehead atoms. The van der Waals surface area contributed by atoms with Gasteiger partial charge in [0.15, 0.2) is 0 Å². The van der Waals surface area contributed by atoms with Gasteiger partial charge in [0.25, 0.3) is 0 Å². The summed E-state index contributed by atoms with van der Waals surface area (Å²) in [5.74, 6) is 0. The molecule has 0 N–H and O–H groups in total. The van der Waals surface area contributed by atoms with Crippen LogP contribution in [-0.2, 0) is 0 Å². The Morgan fingerprint density at radius 2 is 1.11 bits per heavy atom. The fraction of sp³-hybridized carbons (Fsp3) is 0.294. The molecule has 0 aliphatic carbocycles. The van der Waals surface area contributed by atoms with Crippen molar-refractivity contribution >= 4 is 27.8 Å². The lowest BCUT2D eigenvalue weighted by Crippen LogP contribution is -2.02. The van der Waals surface area contributed by atoms with Crippen LogP contribution >= 0.6 is 17.2 Å². The summed E-state index contributed by atoms with van der Waals surface area (Å²) in [6.07, 6.45) is 4.02. The van der Waals surface area contributed by atoms with Gasteiger partial charge in [-0.1, -0.05) is 65.7 Å². The largest absolute Gasteiger partial charge is 0.0901 e. The molecule has 0 saturated heterocycles. The fourth-order valence-electron chi connectivity index (χ4n) is 2.08. The lowest BCUT2D eigenvalue weighted by Gasteiger charge is -2.07. The third kappa shape index (κ3) is 4.72. The van der Waals surface area contributed by atoms with E-state index in [1.165, 1.54) is 29.9 Å². The summed E-state index contributed by atoms with van der Waals surface area (Å²) in [5, 5.41) is 3.09. The summed E-state index contributed by atoms with van der Waals surface area (Å²) >= 11 is 0. The van der Waals surface area contributed by atoms with Gasteiger partial charge in [0.2, 0.25) is 0 Å². The van der Waals surface area contributed by atoms with Crippen LogP contribution in [0, 0.1) is 13.8 Å². The molecule has 19 heavy (non-hydrogen) atoms. The van der Waals surface area contributed by atoms with E-state index in [0.29, 0.717) is 0 Å². The van der Waals surface area contributed by atoms with Crippen molar-refractivity contribution < 1.29 is 0 Å². The molecule has 2 rings (SSSR count). The molecule has 0 heterocycles. The van der Waals surface area contributed by atoms with Crippen LogP contribution in [-0.4, -0.2) is 12.3 Å². The number of benzene rings is 2. The zero-order valence-corrected chi connectivity index (χ0v) is 13.7. The third-order valence-corrected chi connectivity index (χ3v) is 6.37. The van der Waals surface area contributed by atoms with Gasteiger partial charge >= 0.3 is 0 Å². The smallest absolute Gasteiger partial charge is 0.0242 e. The molecular weight excluding hydrogens is 266 g/mol. The highest BCUT2D eigenvalue weighted by Crippen LogP contribution is 2.19. The zero-order chi connectivity index (χ0) is 13.5. The van der Waals surface area contributed by atoms with Crippen LogP contribution in [0.2, 0.25) is 0 Å². The Balaban J connectivity index is 1.71. The standard InChI is InChI=1S/C17H22P2/c1-14-8-3-5-10-16(14)18-12-7-13-19-17-11-6-4-9-15(17)2/h3-6,8-11,18-19H,7,12-13H2,1-2H3. The molecule has 0 nitrogen and oxygen atoms in total. The molecule has 2 aromatic carbocycles. The first-order valence-corrected chi connectivity index (χ1v) is 9.28. The monoisotopic (exact) mass is 288 g/mol. The molecule has 0 radical (unpaired) electrons. The van der Waals surface area contributed by atoms with Crippen LogP contribution in [0.3, 0.4) is 0 Å². The van der Waals surface area contributed by atoms with Gasteiger partial charge in [0.05, 0.1) is 0 Å². The highest BCUT2D eigenvalue weighted by atomic mass is 31.1. The summed E-state index contributed by atoms with van der Waals surface area (Å²) in [6.45, 7) is 4.44. The van der Waals surface area contributed by atoms with Gasteiger partial charge in [-0.15, -0.1) is 0 Å². The molecule has 0 spiro atoms. The molecule has 2 atom stereocenters. The Bertz CT molecular complexity index is 473. The predicted molar refractivity (Wildman–Crippen MR) is 92.6 cm³/mol. The molecule has 2 unspecified atom stereocenters. The Hall–Kier alpha value is -0.700. The van der Waals surface area contributed by atoms with Gasteiger partial charge in [0.1, 0.15) is 0 Å². The van der Waals surface area contributed by atoms with Gasteiger partial charge in [-0.05, 0) is 54.3 Å². The van der Waals surface area contributed by atoms with Gasteiger partial charge in [0, 0.05) is 0 Å². The Morgan fingerprint density at radius 3 is 1.53 bits per heavy atom. The van der Waals surface area contributed by atoms with E-state index in [9.17, 15) is 0 Å². The predicted octanol–water partition coefficient (Wildman–Crippen LogP) is 4.00. The van der Waals surface area contributed by atoms with Gasteiger partial charge in [-0.2, -0.15) is 0 Å². The minimum atomic E-state index is 0.973. The normalized spacial score (nSPS) is 11.9. The second-order valence-electron chi connectivity index (χ2n) is 4.84. The van der Waals surface area contributed by atoms with Crippen molar-refractivity contribution in [2.75, 3.05) is 12.3 Å². The van der Waals surface area contributed by atoms with Gasteiger partial charge < -0.3 is 0 Å². The molecule has 0 aliphatic rings. The molecule has 0 aromatic heterocycles. The van der Waals surface area contributed by atoms with Crippen molar-refractivity contribution in [3.63, 3.8) is 0 Å². The first-order chi connectivity index (χ1) is 9.27. The van der Waals surface area contributed by atoms with Crippen LogP contribution in [0.25, 0.3) is 0 Å². The van der Waals surface area contributed by atoms with Crippen molar-refractivity contribution in [2.24, 2.45) is 0 Å². The van der Waals surface area contributed by atoms with Crippen LogP contribution in [0.4, 0.5) is 0 Å². The molecule has 0 fully saturated rings. The zero-order valence-electron chi connectivity index (χ0n) is 11.7. The highest BCUT2D eigenvalue weighted by Gasteiger charge is 1.99. The lowest BCUT2D eigenvalue weighted by atomic mass is 10.2. The van der Waals surface area contributed by atoms with Crippen molar-refractivity contribution in [3.05, 3.63) is 59.7 Å². The van der Waals surface area contributed by atoms with E-state index in [-0.39, 0.29) is 0 Å². The summed E-state index contributed by atoms with van der Waals surface area (Å²) in [7, 11) is 1.95. The molecule has 2 heteroatoms. The lowest BCUT2D eigenvalue weighted by molar-refractivity contribution is 1.12. The molecule has 0 amide bonds. The maximum atomic E-state index is 2.28. The van der Waals surface area contributed by atoms with Crippen LogP contribution in [0.15, 0.2) is 48.5 Å². The van der Waals surface area contributed by atoms with E-state index in [2.05, 4.69) is 62.4 Å². The van der Waals surface area contributed by atoms with E-state index in [1.807, 2.05) is 0 Å². The average molecular weight is 288 g/mol. The molecular formula is C17H22P2. The van der Waals surface area contributed by atoms with Crippen LogP contribution in [0.1, 0.15) is 17.5 Å².